The Kier molecular flexibility index (Phi) is 4.21. The Morgan fingerprint density at radius 3 is 2.42 bits per heavy atom. The van der Waals surface area contributed by atoms with Gasteiger partial charge in [0.05, 0.1) is 19.2 Å². The number of benzene rings is 1. The van der Waals surface area contributed by atoms with E-state index >= 15 is 0 Å². The maximum absolute atomic E-state index is 14.5. The van der Waals surface area contributed by atoms with Crippen molar-refractivity contribution in [2.45, 2.75) is 31.1 Å². The molecule has 5 heteroatoms. The summed E-state index contributed by atoms with van der Waals surface area (Å²) in [6, 6.07) is 1.44. The average molecular weight is 288 g/mol. The molecule has 0 bridgehead atoms. The number of ether oxygens (including phenoxy) is 2. The highest BCUT2D eigenvalue weighted by Gasteiger charge is 2.40. The van der Waals surface area contributed by atoms with Gasteiger partial charge in [0, 0.05) is 23.6 Å². The molecule has 0 aromatic heterocycles. The smallest absolute Gasteiger partial charge is 0.167 e. The SMILES string of the molecule is COc1cc(Cl)c(F)c(C2(CN)CCCC2)c1OC. The summed E-state index contributed by atoms with van der Waals surface area (Å²) in [6.07, 6.45) is 3.77. The molecule has 1 aliphatic rings. The van der Waals surface area contributed by atoms with Crippen molar-refractivity contribution in [1.82, 2.24) is 0 Å². The predicted molar refractivity (Wildman–Crippen MR) is 73.7 cm³/mol. The van der Waals surface area contributed by atoms with E-state index in [0.29, 0.717) is 23.6 Å². The summed E-state index contributed by atoms with van der Waals surface area (Å²) < 4.78 is 25.1. The molecule has 0 atom stereocenters. The van der Waals surface area contributed by atoms with Crippen LogP contribution in [0.5, 0.6) is 11.5 Å². The first-order valence-corrected chi connectivity index (χ1v) is 6.78. The van der Waals surface area contributed by atoms with Crippen LogP contribution in [0.3, 0.4) is 0 Å². The molecule has 3 nitrogen and oxygen atoms in total. The topological polar surface area (TPSA) is 44.5 Å². The van der Waals surface area contributed by atoms with Gasteiger partial charge in [0.2, 0.25) is 0 Å². The normalized spacial score (nSPS) is 17.5. The lowest BCUT2D eigenvalue weighted by atomic mass is 9.78. The van der Waals surface area contributed by atoms with Crippen molar-refractivity contribution < 1.29 is 13.9 Å². The van der Waals surface area contributed by atoms with Crippen molar-refractivity contribution in [3.63, 3.8) is 0 Å². The zero-order valence-electron chi connectivity index (χ0n) is 11.3. The molecule has 0 aliphatic heterocycles. The summed E-state index contributed by atoms with van der Waals surface area (Å²) in [5.41, 5.74) is 6.01. The fourth-order valence-electron chi connectivity index (χ4n) is 3.02. The number of rotatable bonds is 4. The first kappa shape index (κ1) is 14.4. The summed E-state index contributed by atoms with van der Waals surface area (Å²) in [6.45, 7) is 0.379. The van der Waals surface area contributed by atoms with E-state index in [1.54, 1.807) is 0 Å². The Morgan fingerprint density at radius 1 is 1.32 bits per heavy atom. The minimum atomic E-state index is -0.438. The number of hydrogen-bond donors (Lipinski definition) is 1. The quantitative estimate of drug-likeness (QED) is 0.924. The van der Waals surface area contributed by atoms with Gasteiger partial charge < -0.3 is 15.2 Å². The summed E-state index contributed by atoms with van der Waals surface area (Å²) in [7, 11) is 3.02. The van der Waals surface area contributed by atoms with Crippen molar-refractivity contribution in [2.75, 3.05) is 20.8 Å². The van der Waals surface area contributed by atoms with Gasteiger partial charge >= 0.3 is 0 Å². The van der Waals surface area contributed by atoms with Gasteiger partial charge in [-0.2, -0.15) is 0 Å². The molecule has 1 aliphatic carbocycles. The summed E-state index contributed by atoms with van der Waals surface area (Å²) in [5.74, 6) is 0.423. The summed E-state index contributed by atoms with van der Waals surface area (Å²) >= 11 is 5.97. The van der Waals surface area contributed by atoms with Gasteiger partial charge in [-0.1, -0.05) is 24.4 Å². The Labute approximate surface area is 117 Å². The zero-order chi connectivity index (χ0) is 14.0. The fourth-order valence-corrected chi connectivity index (χ4v) is 3.22. The minimum Gasteiger partial charge on any atom is -0.493 e. The van der Waals surface area contributed by atoms with Gasteiger partial charge in [-0.25, -0.2) is 4.39 Å². The highest BCUT2D eigenvalue weighted by molar-refractivity contribution is 6.31. The van der Waals surface area contributed by atoms with E-state index in [-0.39, 0.29) is 5.02 Å². The van der Waals surface area contributed by atoms with E-state index in [9.17, 15) is 4.39 Å². The van der Waals surface area contributed by atoms with E-state index in [0.717, 1.165) is 25.7 Å². The van der Waals surface area contributed by atoms with E-state index in [1.165, 1.54) is 20.3 Å². The summed E-state index contributed by atoms with van der Waals surface area (Å²) in [5, 5.41) is 0.0485. The standard InChI is InChI=1S/C14H19ClFNO2/c1-18-10-7-9(15)12(16)11(13(10)19-2)14(8-17)5-3-4-6-14/h7H,3-6,8,17H2,1-2H3. The molecule has 0 amide bonds. The molecule has 1 fully saturated rings. The molecule has 0 unspecified atom stereocenters. The van der Waals surface area contributed by atoms with Crippen LogP contribution >= 0.6 is 11.6 Å². The van der Waals surface area contributed by atoms with E-state index < -0.39 is 11.2 Å². The van der Waals surface area contributed by atoms with Gasteiger partial charge in [0.15, 0.2) is 11.5 Å². The van der Waals surface area contributed by atoms with Crippen molar-refractivity contribution in [2.24, 2.45) is 5.73 Å². The Hall–Kier alpha value is -1.00. The third-order valence-corrected chi connectivity index (χ3v) is 4.32. The van der Waals surface area contributed by atoms with Crippen molar-refractivity contribution in [1.29, 1.82) is 0 Å². The largest absolute Gasteiger partial charge is 0.493 e. The van der Waals surface area contributed by atoms with E-state index in [1.807, 2.05) is 0 Å². The summed E-state index contributed by atoms with van der Waals surface area (Å²) in [4.78, 5) is 0. The molecule has 0 heterocycles. The van der Waals surface area contributed by atoms with E-state index in [2.05, 4.69) is 0 Å². The first-order valence-electron chi connectivity index (χ1n) is 6.40. The molecule has 1 aromatic carbocycles. The second-order valence-electron chi connectivity index (χ2n) is 4.97. The maximum Gasteiger partial charge on any atom is 0.167 e. The van der Waals surface area contributed by atoms with Crippen LogP contribution in [0.2, 0.25) is 5.02 Å². The van der Waals surface area contributed by atoms with Gasteiger partial charge in [0.1, 0.15) is 5.82 Å². The first-order chi connectivity index (χ1) is 9.09. The van der Waals surface area contributed by atoms with Crippen LogP contribution in [0.1, 0.15) is 31.2 Å². The molecule has 0 saturated heterocycles. The second-order valence-corrected chi connectivity index (χ2v) is 5.38. The van der Waals surface area contributed by atoms with Crippen molar-refractivity contribution >= 4 is 11.6 Å². The van der Waals surface area contributed by atoms with Gasteiger partial charge in [-0.05, 0) is 12.8 Å². The molecule has 2 N–H and O–H groups in total. The molecule has 106 valence electrons. The third-order valence-electron chi connectivity index (χ3n) is 4.04. The molecular weight excluding hydrogens is 269 g/mol. The fraction of sp³-hybridized carbons (Fsp3) is 0.571. The molecule has 1 saturated carbocycles. The van der Waals surface area contributed by atoms with Crippen LogP contribution in [0.4, 0.5) is 4.39 Å². The van der Waals surface area contributed by atoms with Gasteiger partial charge in [-0.3, -0.25) is 0 Å². The minimum absolute atomic E-state index is 0.0485. The molecule has 1 aromatic rings. The van der Waals surface area contributed by atoms with Crippen LogP contribution in [0.25, 0.3) is 0 Å². The lowest BCUT2D eigenvalue weighted by Crippen LogP contribution is -2.33. The van der Waals surface area contributed by atoms with Crippen molar-refractivity contribution in [3.05, 3.63) is 22.5 Å². The number of halogens is 2. The molecular formula is C14H19ClFNO2. The van der Waals surface area contributed by atoms with Crippen LogP contribution in [0, 0.1) is 5.82 Å². The number of nitrogens with two attached hydrogens (primary N) is 1. The second kappa shape index (κ2) is 5.55. The molecule has 2 rings (SSSR count). The third kappa shape index (κ3) is 2.28. The molecule has 19 heavy (non-hydrogen) atoms. The predicted octanol–water partition coefficient (Wildman–Crippen LogP) is 3.27. The lowest BCUT2D eigenvalue weighted by Gasteiger charge is -2.30. The van der Waals surface area contributed by atoms with Crippen LogP contribution < -0.4 is 15.2 Å². The van der Waals surface area contributed by atoms with Gasteiger partial charge in [0.25, 0.3) is 0 Å². The lowest BCUT2D eigenvalue weighted by molar-refractivity contribution is 0.328. The monoisotopic (exact) mass is 287 g/mol. The zero-order valence-corrected chi connectivity index (χ0v) is 12.0. The maximum atomic E-state index is 14.5. The molecule has 0 radical (unpaired) electrons. The van der Waals surface area contributed by atoms with Crippen molar-refractivity contribution in [3.8, 4) is 11.5 Å². The Morgan fingerprint density at radius 2 is 1.95 bits per heavy atom. The Balaban J connectivity index is 2.69. The highest BCUT2D eigenvalue weighted by Crippen LogP contribution is 2.49. The molecule has 0 spiro atoms. The van der Waals surface area contributed by atoms with Crippen LogP contribution in [0.15, 0.2) is 6.07 Å². The van der Waals surface area contributed by atoms with Crippen LogP contribution in [-0.4, -0.2) is 20.8 Å². The number of hydrogen-bond acceptors (Lipinski definition) is 3. The number of methoxy groups -OCH3 is 2. The van der Waals surface area contributed by atoms with Crippen LogP contribution in [-0.2, 0) is 5.41 Å². The highest BCUT2D eigenvalue weighted by atomic mass is 35.5. The average Bonchev–Trinajstić information content (AvgIpc) is 2.90. The Bertz CT molecular complexity index is 473. The van der Waals surface area contributed by atoms with Gasteiger partial charge in [-0.15, -0.1) is 0 Å². The van der Waals surface area contributed by atoms with E-state index in [4.69, 9.17) is 26.8 Å².